The van der Waals surface area contributed by atoms with Gasteiger partial charge in [0.2, 0.25) is 0 Å². The van der Waals surface area contributed by atoms with E-state index in [1.165, 1.54) is 102 Å². The molecule has 0 aliphatic heterocycles. The summed E-state index contributed by atoms with van der Waals surface area (Å²) in [6.45, 7) is 2.13. The van der Waals surface area contributed by atoms with Gasteiger partial charge in [-0.2, -0.15) is 0 Å². The molecule has 0 N–H and O–H groups in total. The zero-order valence-electron chi connectivity index (χ0n) is 29.1. The SMILES string of the molecule is Cc1cocc1-c1c2ccccc2c(-c2cccc3sc4cccc(-c5c6ccccc6c(-c6ccccc6)c6ccccc56)c4c23)c2ccccc12. The summed E-state index contributed by atoms with van der Waals surface area (Å²) in [5.74, 6) is 0. The largest absolute Gasteiger partial charge is 0.472 e. The Morgan fingerprint density at radius 1 is 0.340 bits per heavy atom. The second kappa shape index (κ2) is 11.8. The van der Waals surface area contributed by atoms with Crippen LogP contribution in [-0.4, -0.2) is 0 Å². The van der Waals surface area contributed by atoms with Crippen LogP contribution < -0.4 is 0 Å². The third-order valence-corrected chi connectivity index (χ3v) is 12.2. The fraction of sp³-hybridized carbons (Fsp3) is 0.0196. The van der Waals surface area contributed by atoms with Crippen molar-refractivity contribution >= 4 is 74.6 Å². The van der Waals surface area contributed by atoms with Crippen LogP contribution in [0.5, 0.6) is 0 Å². The normalized spacial score (nSPS) is 11.9. The topological polar surface area (TPSA) is 13.1 Å². The van der Waals surface area contributed by atoms with Crippen molar-refractivity contribution < 1.29 is 4.42 Å². The lowest BCUT2D eigenvalue weighted by Gasteiger charge is -2.19. The Hall–Kier alpha value is -6.48. The Balaban J connectivity index is 1.30. The van der Waals surface area contributed by atoms with Gasteiger partial charge in [0.25, 0.3) is 0 Å². The monoisotopic (exact) mass is 692 g/mol. The van der Waals surface area contributed by atoms with Crippen molar-refractivity contribution in [2.75, 3.05) is 0 Å². The predicted octanol–water partition coefficient (Wildman–Crippen LogP) is 15.2. The van der Waals surface area contributed by atoms with Gasteiger partial charge >= 0.3 is 0 Å². The summed E-state index contributed by atoms with van der Waals surface area (Å²) in [5.41, 5.74) is 11.1. The Bertz CT molecular complexity index is 3120. The Labute approximate surface area is 311 Å². The van der Waals surface area contributed by atoms with E-state index in [1.54, 1.807) is 0 Å². The lowest BCUT2D eigenvalue weighted by molar-refractivity contribution is 0.566. The number of aryl methyl sites for hydroxylation is 1. The molecule has 2 aromatic heterocycles. The molecule has 0 aliphatic carbocycles. The van der Waals surface area contributed by atoms with Crippen LogP contribution in [0.25, 0.3) is 108 Å². The minimum atomic E-state index is 1.14. The lowest BCUT2D eigenvalue weighted by atomic mass is 9.83. The van der Waals surface area contributed by atoms with Crippen LogP contribution in [0, 0.1) is 6.92 Å². The molecule has 11 aromatic rings. The van der Waals surface area contributed by atoms with Gasteiger partial charge in [0, 0.05) is 31.3 Å². The van der Waals surface area contributed by atoms with Crippen molar-refractivity contribution in [1.82, 2.24) is 0 Å². The van der Waals surface area contributed by atoms with Crippen LogP contribution in [0.3, 0.4) is 0 Å². The highest BCUT2D eigenvalue weighted by atomic mass is 32.1. The van der Waals surface area contributed by atoms with Crippen molar-refractivity contribution in [1.29, 1.82) is 0 Å². The summed E-state index contributed by atoms with van der Waals surface area (Å²) in [4.78, 5) is 0. The number of furan rings is 1. The molecule has 53 heavy (non-hydrogen) atoms. The number of rotatable bonds is 4. The standard InChI is InChI=1S/C51H32OS/c1-31-29-52-30-43(31)49-39-23-11-9-21-37(39)48(38-22-10-12-24-40(38)49)42-26-14-28-45-51(42)50-41(25-13-27-44(50)53-45)47-35-19-7-5-17-33(35)46(32-15-3-2-4-16-32)34-18-6-8-20-36(34)47/h2-30H,1H3. The molecule has 11 rings (SSSR count). The van der Waals surface area contributed by atoms with E-state index in [-0.39, 0.29) is 0 Å². The molecule has 0 spiro atoms. The summed E-state index contributed by atoms with van der Waals surface area (Å²) in [5, 5.41) is 12.7. The Kier molecular flexibility index (Phi) is 6.71. The van der Waals surface area contributed by atoms with Gasteiger partial charge < -0.3 is 4.42 Å². The van der Waals surface area contributed by atoms with Crippen molar-refractivity contribution in [2.24, 2.45) is 0 Å². The van der Waals surface area contributed by atoms with E-state index >= 15 is 0 Å². The number of hydrogen-bond acceptors (Lipinski definition) is 2. The van der Waals surface area contributed by atoms with E-state index < -0.39 is 0 Å². The van der Waals surface area contributed by atoms with Gasteiger partial charge in [-0.3, -0.25) is 0 Å². The minimum Gasteiger partial charge on any atom is -0.472 e. The molecular formula is C51H32OS. The lowest BCUT2D eigenvalue weighted by Crippen LogP contribution is -1.92. The molecule has 0 aliphatic rings. The highest BCUT2D eigenvalue weighted by Crippen LogP contribution is 2.52. The molecule has 0 saturated carbocycles. The first-order valence-corrected chi connectivity index (χ1v) is 19.0. The molecule has 2 heteroatoms. The molecule has 1 nitrogen and oxygen atoms in total. The Morgan fingerprint density at radius 3 is 1.11 bits per heavy atom. The number of thiophene rings is 1. The predicted molar refractivity (Wildman–Crippen MR) is 228 cm³/mol. The maximum atomic E-state index is 5.76. The van der Waals surface area contributed by atoms with Crippen LogP contribution in [-0.2, 0) is 0 Å². The average Bonchev–Trinajstić information content (AvgIpc) is 3.82. The maximum absolute atomic E-state index is 5.76. The van der Waals surface area contributed by atoms with E-state index in [4.69, 9.17) is 4.42 Å². The zero-order valence-corrected chi connectivity index (χ0v) is 29.9. The van der Waals surface area contributed by atoms with Gasteiger partial charge in [-0.15, -0.1) is 11.3 Å². The molecule has 0 saturated heterocycles. The van der Waals surface area contributed by atoms with Crippen molar-refractivity contribution in [3.05, 3.63) is 182 Å². The van der Waals surface area contributed by atoms with Crippen molar-refractivity contribution in [3.63, 3.8) is 0 Å². The second-order valence-corrected chi connectivity index (χ2v) is 15.1. The van der Waals surface area contributed by atoms with Crippen LogP contribution >= 0.6 is 11.3 Å². The fourth-order valence-electron chi connectivity index (χ4n) is 8.94. The van der Waals surface area contributed by atoms with E-state index in [9.17, 15) is 0 Å². The van der Waals surface area contributed by atoms with E-state index in [2.05, 4.69) is 171 Å². The quantitative estimate of drug-likeness (QED) is 0.167. The highest BCUT2D eigenvalue weighted by molar-refractivity contribution is 7.26. The van der Waals surface area contributed by atoms with Gasteiger partial charge in [-0.05, 0) is 101 Å². The summed E-state index contributed by atoms with van der Waals surface area (Å²) in [7, 11) is 0. The molecule has 9 aromatic carbocycles. The molecule has 0 fully saturated rings. The summed E-state index contributed by atoms with van der Waals surface area (Å²) >= 11 is 1.89. The fourth-order valence-corrected chi connectivity index (χ4v) is 10.1. The van der Waals surface area contributed by atoms with Gasteiger partial charge in [0.05, 0.1) is 12.5 Å². The average molecular weight is 693 g/mol. The van der Waals surface area contributed by atoms with Gasteiger partial charge in [-0.1, -0.05) is 152 Å². The minimum absolute atomic E-state index is 1.14. The molecule has 0 amide bonds. The molecule has 2 heterocycles. The van der Waals surface area contributed by atoms with Gasteiger partial charge in [0.1, 0.15) is 0 Å². The number of hydrogen-bond donors (Lipinski definition) is 0. The van der Waals surface area contributed by atoms with E-state index in [1.807, 2.05) is 23.9 Å². The Morgan fingerprint density at radius 2 is 0.717 bits per heavy atom. The van der Waals surface area contributed by atoms with Gasteiger partial charge in [-0.25, -0.2) is 0 Å². The first-order valence-electron chi connectivity index (χ1n) is 18.2. The molecule has 0 bridgehead atoms. The molecule has 0 unspecified atom stereocenters. The molecule has 0 atom stereocenters. The number of fused-ring (bicyclic) bond motifs is 7. The molecule has 0 radical (unpaired) electrons. The molecule has 248 valence electrons. The van der Waals surface area contributed by atoms with Crippen LogP contribution in [0.2, 0.25) is 0 Å². The summed E-state index contributed by atoms with van der Waals surface area (Å²) in [6, 6.07) is 60.4. The summed E-state index contributed by atoms with van der Waals surface area (Å²) in [6.07, 6.45) is 3.76. The van der Waals surface area contributed by atoms with Crippen LogP contribution in [0.4, 0.5) is 0 Å². The first kappa shape index (κ1) is 30.2. The van der Waals surface area contributed by atoms with Crippen molar-refractivity contribution in [3.8, 4) is 44.5 Å². The third-order valence-electron chi connectivity index (χ3n) is 11.1. The third kappa shape index (κ3) is 4.43. The zero-order chi connectivity index (χ0) is 35.0. The number of benzene rings is 9. The van der Waals surface area contributed by atoms with Gasteiger partial charge in [0.15, 0.2) is 0 Å². The van der Waals surface area contributed by atoms with E-state index in [0.717, 1.165) is 11.1 Å². The summed E-state index contributed by atoms with van der Waals surface area (Å²) < 4.78 is 8.35. The second-order valence-electron chi connectivity index (χ2n) is 14.0. The molecular weight excluding hydrogens is 661 g/mol. The smallest absolute Gasteiger partial charge is 0.0984 e. The van der Waals surface area contributed by atoms with E-state index in [0.29, 0.717) is 0 Å². The maximum Gasteiger partial charge on any atom is 0.0984 e. The van der Waals surface area contributed by atoms with Crippen LogP contribution in [0.15, 0.2) is 181 Å². The van der Waals surface area contributed by atoms with Crippen LogP contribution in [0.1, 0.15) is 5.56 Å². The highest BCUT2D eigenvalue weighted by Gasteiger charge is 2.23. The first-order chi connectivity index (χ1) is 26.3. The van der Waals surface area contributed by atoms with Crippen molar-refractivity contribution in [2.45, 2.75) is 6.92 Å².